The summed E-state index contributed by atoms with van der Waals surface area (Å²) in [6, 6.07) is 3.34. The molecule has 1 aromatic rings. The summed E-state index contributed by atoms with van der Waals surface area (Å²) < 4.78 is 0. The number of non-ortho nitro benzene ring substituents is 1. The van der Waals surface area contributed by atoms with Gasteiger partial charge in [-0.25, -0.2) is 4.90 Å². The summed E-state index contributed by atoms with van der Waals surface area (Å²) in [5, 5.41) is 20.8. The normalized spacial score (nSPS) is 31.9. The fourth-order valence-electron chi connectivity index (χ4n) is 3.94. The molecule has 4 atom stereocenters. The average molecular weight is 300 g/mol. The third-order valence-corrected chi connectivity index (χ3v) is 4.88. The van der Waals surface area contributed by atoms with Crippen LogP contribution in [0.25, 0.3) is 0 Å². The smallest absolute Gasteiger partial charge is 0.271 e. The van der Waals surface area contributed by atoms with E-state index < -0.39 is 16.8 Å². The molecule has 0 aromatic heterocycles. The molecule has 2 aliphatic carbocycles. The molecule has 3 aliphatic rings. The third-order valence-electron chi connectivity index (χ3n) is 4.88. The molecule has 0 spiro atoms. The molecule has 112 valence electrons. The largest absolute Gasteiger partial charge is 0.506 e. The number of nitro groups is 1. The third kappa shape index (κ3) is 1.50. The molecule has 2 fully saturated rings. The van der Waals surface area contributed by atoms with Crippen molar-refractivity contribution in [2.24, 2.45) is 23.7 Å². The first-order valence-electron chi connectivity index (χ1n) is 7.02. The lowest BCUT2D eigenvalue weighted by Gasteiger charge is -2.18. The van der Waals surface area contributed by atoms with Crippen LogP contribution in [0.4, 0.5) is 11.4 Å². The number of hydrogen-bond acceptors (Lipinski definition) is 5. The maximum absolute atomic E-state index is 12.6. The molecule has 22 heavy (non-hydrogen) atoms. The average Bonchev–Trinajstić information content (AvgIpc) is 3.14. The van der Waals surface area contributed by atoms with E-state index in [1.165, 1.54) is 0 Å². The maximum atomic E-state index is 12.6. The van der Waals surface area contributed by atoms with Crippen LogP contribution in [0.15, 0.2) is 30.4 Å². The van der Waals surface area contributed by atoms with Gasteiger partial charge in [0, 0.05) is 12.1 Å². The van der Waals surface area contributed by atoms with Crippen LogP contribution >= 0.6 is 0 Å². The number of imide groups is 1. The van der Waals surface area contributed by atoms with E-state index >= 15 is 0 Å². The Morgan fingerprint density at radius 1 is 1.14 bits per heavy atom. The number of phenols is 1. The highest BCUT2D eigenvalue weighted by Crippen LogP contribution is 2.54. The first kappa shape index (κ1) is 13.0. The fourth-order valence-corrected chi connectivity index (χ4v) is 3.94. The van der Waals surface area contributed by atoms with Crippen molar-refractivity contribution in [3.63, 3.8) is 0 Å². The first-order chi connectivity index (χ1) is 10.5. The standard InChI is InChI=1S/C15H12N2O5/c18-11-4-3-9(17(21)22)6-10(11)16-14(19)12-7-1-2-8(5-7)13(12)15(16)20/h1-4,6-8,12-13,18H,5H2/t7-,8-,12-,13-/m0/s1. The molecule has 1 saturated carbocycles. The van der Waals surface area contributed by atoms with Crippen LogP contribution in [0.5, 0.6) is 5.75 Å². The summed E-state index contributed by atoms with van der Waals surface area (Å²) in [5.41, 5.74) is -0.371. The number of fused-ring (bicyclic) bond motifs is 5. The minimum Gasteiger partial charge on any atom is -0.506 e. The fraction of sp³-hybridized carbons (Fsp3) is 0.333. The second-order valence-electron chi connectivity index (χ2n) is 5.94. The number of benzene rings is 1. The highest BCUT2D eigenvalue weighted by Gasteiger charge is 2.60. The topological polar surface area (TPSA) is 101 Å². The Kier molecular flexibility index (Phi) is 2.46. The molecule has 0 radical (unpaired) electrons. The van der Waals surface area contributed by atoms with Crippen molar-refractivity contribution in [3.05, 3.63) is 40.5 Å². The number of hydrogen-bond donors (Lipinski definition) is 1. The zero-order valence-electron chi connectivity index (χ0n) is 11.4. The number of anilines is 1. The van der Waals surface area contributed by atoms with Crippen LogP contribution < -0.4 is 4.90 Å². The van der Waals surface area contributed by atoms with Gasteiger partial charge < -0.3 is 5.11 Å². The number of phenolic OH excluding ortho intramolecular Hbond substituents is 1. The number of amides is 2. The molecule has 1 N–H and O–H groups in total. The number of carbonyl (C=O) groups excluding carboxylic acids is 2. The Labute approximate surface area is 125 Å². The Bertz CT molecular complexity index is 726. The summed E-state index contributed by atoms with van der Waals surface area (Å²) in [6.45, 7) is 0. The summed E-state index contributed by atoms with van der Waals surface area (Å²) in [6.07, 6.45) is 4.74. The van der Waals surface area contributed by atoms with Crippen molar-refractivity contribution in [2.45, 2.75) is 6.42 Å². The Morgan fingerprint density at radius 3 is 2.27 bits per heavy atom. The van der Waals surface area contributed by atoms with E-state index in [-0.39, 0.29) is 40.8 Å². The lowest BCUT2D eigenvalue weighted by Crippen LogP contribution is -2.32. The van der Waals surface area contributed by atoms with Crippen LogP contribution in [0.3, 0.4) is 0 Å². The molecular formula is C15H12N2O5. The van der Waals surface area contributed by atoms with Gasteiger partial charge in [0.05, 0.1) is 16.8 Å². The zero-order chi connectivity index (χ0) is 15.6. The van der Waals surface area contributed by atoms with Crippen molar-refractivity contribution in [2.75, 3.05) is 4.90 Å². The van der Waals surface area contributed by atoms with Crippen LogP contribution in [0.2, 0.25) is 0 Å². The van der Waals surface area contributed by atoms with Crippen molar-refractivity contribution < 1.29 is 19.6 Å². The van der Waals surface area contributed by atoms with Gasteiger partial charge in [-0.2, -0.15) is 0 Å². The molecule has 2 bridgehead atoms. The van der Waals surface area contributed by atoms with Gasteiger partial charge >= 0.3 is 0 Å². The number of nitro benzene ring substituents is 1. The van der Waals surface area contributed by atoms with Crippen LogP contribution in [0.1, 0.15) is 6.42 Å². The minimum absolute atomic E-state index is 0.0530. The van der Waals surface area contributed by atoms with E-state index in [9.17, 15) is 24.8 Å². The van der Waals surface area contributed by atoms with Gasteiger partial charge in [-0.15, -0.1) is 0 Å². The number of rotatable bonds is 2. The molecule has 7 nitrogen and oxygen atoms in total. The molecule has 1 heterocycles. The maximum Gasteiger partial charge on any atom is 0.271 e. The molecule has 1 aromatic carbocycles. The molecule has 2 amide bonds. The van der Waals surface area contributed by atoms with Crippen molar-refractivity contribution in [1.29, 1.82) is 0 Å². The zero-order valence-corrected chi connectivity index (χ0v) is 11.4. The number of nitrogens with zero attached hydrogens (tertiary/aromatic N) is 2. The summed E-state index contributed by atoms with van der Waals surface area (Å²) in [5.74, 6) is -1.75. The van der Waals surface area contributed by atoms with Gasteiger partial charge in [0.25, 0.3) is 5.69 Å². The second kappa shape index (κ2) is 4.16. The minimum atomic E-state index is -0.625. The summed E-state index contributed by atoms with van der Waals surface area (Å²) >= 11 is 0. The lowest BCUT2D eigenvalue weighted by molar-refractivity contribution is -0.384. The lowest BCUT2D eigenvalue weighted by atomic mass is 9.85. The number of allylic oxidation sites excluding steroid dienone is 2. The van der Waals surface area contributed by atoms with Gasteiger partial charge in [0.2, 0.25) is 11.8 Å². The van der Waals surface area contributed by atoms with Gasteiger partial charge in [-0.05, 0) is 24.3 Å². The summed E-state index contributed by atoms with van der Waals surface area (Å²) in [7, 11) is 0. The molecular weight excluding hydrogens is 288 g/mol. The van der Waals surface area contributed by atoms with Crippen LogP contribution in [-0.2, 0) is 9.59 Å². The van der Waals surface area contributed by atoms with Crippen molar-refractivity contribution in [3.8, 4) is 5.75 Å². The van der Waals surface area contributed by atoms with E-state index in [0.717, 1.165) is 29.5 Å². The van der Waals surface area contributed by atoms with Gasteiger partial charge in [-0.1, -0.05) is 12.2 Å². The number of aromatic hydroxyl groups is 1. The molecule has 1 aliphatic heterocycles. The van der Waals surface area contributed by atoms with E-state index in [0.29, 0.717) is 0 Å². The van der Waals surface area contributed by atoms with Crippen molar-refractivity contribution in [1.82, 2.24) is 0 Å². The monoisotopic (exact) mass is 300 g/mol. The van der Waals surface area contributed by atoms with E-state index in [2.05, 4.69) is 0 Å². The summed E-state index contributed by atoms with van der Waals surface area (Å²) in [4.78, 5) is 36.4. The quantitative estimate of drug-likeness (QED) is 0.387. The van der Waals surface area contributed by atoms with Gasteiger partial charge in [0.15, 0.2) is 0 Å². The highest BCUT2D eigenvalue weighted by atomic mass is 16.6. The molecule has 1 saturated heterocycles. The molecule has 7 heteroatoms. The number of carbonyl (C=O) groups is 2. The SMILES string of the molecule is O=C1[C@@H]2[C@@H](C(=O)N1c1cc([N+](=O)[O-])ccc1O)[C@H]1C=C[C@H]2C1. The van der Waals surface area contributed by atoms with Gasteiger partial charge in [-0.3, -0.25) is 19.7 Å². The first-order valence-corrected chi connectivity index (χ1v) is 7.02. The van der Waals surface area contributed by atoms with Gasteiger partial charge in [0.1, 0.15) is 11.4 Å². The Balaban J connectivity index is 1.79. The van der Waals surface area contributed by atoms with Crippen LogP contribution in [-0.4, -0.2) is 21.8 Å². The van der Waals surface area contributed by atoms with Crippen LogP contribution in [0, 0.1) is 33.8 Å². The predicted molar refractivity (Wildman–Crippen MR) is 75.0 cm³/mol. The second-order valence-corrected chi connectivity index (χ2v) is 5.94. The predicted octanol–water partition coefficient (Wildman–Crippen LogP) is 1.61. The van der Waals surface area contributed by atoms with E-state index in [4.69, 9.17) is 0 Å². The van der Waals surface area contributed by atoms with Crippen molar-refractivity contribution >= 4 is 23.2 Å². The van der Waals surface area contributed by atoms with E-state index in [1.807, 2.05) is 12.2 Å². The Morgan fingerprint density at radius 2 is 1.73 bits per heavy atom. The molecule has 4 rings (SSSR count). The Hall–Kier alpha value is -2.70. The molecule has 0 unspecified atom stereocenters. The highest BCUT2D eigenvalue weighted by molar-refractivity contribution is 6.23. The van der Waals surface area contributed by atoms with E-state index in [1.54, 1.807) is 0 Å².